The van der Waals surface area contributed by atoms with Crippen LogP contribution in [0.2, 0.25) is 0 Å². The lowest BCUT2D eigenvalue weighted by Gasteiger charge is -2.32. The van der Waals surface area contributed by atoms with Crippen LogP contribution in [0, 0.1) is 6.92 Å². The number of carbonyl (C=O) groups excluding carboxylic acids is 1. The number of carbonyl (C=O) groups is 1. The van der Waals surface area contributed by atoms with E-state index in [4.69, 9.17) is 9.51 Å². The van der Waals surface area contributed by atoms with Crippen LogP contribution in [0.3, 0.4) is 0 Å². The zero-order chi connectivity index (χ0) is 22.1. The van der Waals surface area contributed by atoms with Crippen LogP contribution in [0.4, 0.5) is 5.95 Å². The Hall–Kier alpha value is -3.49. The minimum Gasteiger partial charge on any atom is -0.506 e. The van der Waals surface area contributed by atoms with E-state index in [1.807, 2.05) is 24.1 Å². The molecule has 0 spiro atoms. The normalized spacial score (nSPS) is 17.2. The molecule has 3 aromatic heterocycles. The van der Waals surface area contributed by atoms with E-state index in [2.05, 4.69) is 20.0 Å². The Labute approximate surface area is 186 Å². The van der Waals surface area contributed by atoms with Gasteiger partial charge in [-0.25, -0.2) is 9.97 Å². The van der Waals surface area contributed by atoms with Gasteiger partial charge in [-0.15, -0.1) is 0 Å². The minimum absolute atomic E-state index is 0.00634. The van der Waals surface area contributed by atoms with Crippen LogP contribution in [-0.4, -0.2) is 62.2 Å². The standard InChI is InChI=1S/C23H26N6O3/c1-15-10-20(32-27-15)19-14-25-23(29-6-2-3-7-29)26-21(19)16-4-8-28(9-5-16)22(31)17-11-18(30)13-24-12-17/h10-14,16,30H,2-9H2,1H3. The van der Waals surface area contributed by atoms with Crippen molar-refractivity contribution in [2.24, 2.45) is 0 Å². The zero-order valence-corrected chi connectivity index (χ0v) is 18.1. The number of aromatic nitrogens is 4. The Bertz CT molecular complexity index is 1120. The fourth-order valence-electron chi connectivity index (χ4n) is 4.53. The van der Waals surface area contributed by atoms with Gasteiger partial charge in [0.1, 0.15) is 5.75 Å². The van der Waals surface area contributed by atoms with E-state index in [9.17, 15) is 9.90 Å². The molecule has 2 aliphatic rings. The van der Waals surface area contributed by atoms with Gasteiger partial charge in [-0.1, -0.05) is 5.16 Å². The van der Waals surface area contributed by atoms with E-state index in [1.54, 1.807) is 0 Å². The third kappa shape index (κ3) is 4.02. The summed E-state index contributed by atoms with van der Waals surface area (Å²) >= 11 is 0. The van der Waals surface area contributed by atoms with E-state index in [0.717, 1.165) is 61.7 Å². The van der Waals surface area contributed by atoms with Crippen molar-refractivity contribution < 1.29 is 14.4 Å². The molecule has 1 N–H and O–H groups in total. The smallest absolute Gasteiger partial charge is 0.255 e. The van der Waals surface area contributed by atoms with Crippen LogP contribution in [0.1, 0.15) is 53.3 Å². The number of piperidine rings is 1. The van der Waals surface area contributed by atoms with Crippen molar-refractivity contribution >= 4 is 11.9 Å². The first-order chi connectivity index (χ1) is 15.6. The maximum absolute atomic E-state index is 12.8. The molecule has 0 atom stereocenters. The lowest BCUT2D eigenvalue weighted by molar-refractivity contribution is 0.0711. The Morgan fingerprint density at radius 3 is 2.56 bits per heavy atom. The number of aryl methyl sites for hydroxylation is 1. The molecule has 0 saturated carbocycles. The summed E-state index contributed by atoms with van der Waals surface area (Å²) in [5, 5.41) is 13.7. The molecule has 32 heavy (non-hydrogen) atoms. The number of anilines is 1. The third-order valence-corrected chi connectivity index (χ3v) is 6.23. The Morgan fingerprint density at radius 2 is 1.88 bits per heavy atom. The molecule has 2 saturated heterocycles. The lowest BCUT2D eigenvalue weighted by atomic mass is 9.90. The number of pyridine rings is 1. The summed E-state index contributed by atoms with van der Waals surface area (Å²) in [6.07, 6.45) is 8.56. The number of likely N-dealkylation sites (tertiary alicyclic amines) is 1. The molecule has 9 nitrogen and oxygen atoms in total. The third-order valence-electron chi connectivity index (χ3n) is 6.23. The summed E-state index contributed by atoms with van der Waals surface area (Å²) in [6.45, 7) is 5.07. The number of amides is 1. The second-order valence-electron chi connectivity index (χ2n) is 8.49. The van der Waals surface area contributed by atoms with Crippen molar-refractivity contribution in [3.8, 4) is 17.1 Å². The van der Waals surface area contributed by atoms with Gasteiger partial charge >= 0.3 is 0 Å². The van der Waals surface area contributed by atoms with Gasteiger partial charge in [-0.05, 0) is 38.7 Å². The van der Waals surface area contributed by atoms with Crippen molar-refractivity contribution in [1.29, 1.82) is 0 Å². The number of nitrogens with zero attached hydrogens (tertiary/aromatic N) is 6. The molecule has 0 aromatic carbocycles. The van der Waals surface area contributed by atoms with Gasteiger partial charge in [0, 0.05) is 50.6 Å². The quantitative estimate of drug-likeness (QED) is 0.667. The summed E-state index contributed by atoms with van der Waals surface area (Å²) in [5.74, 6) is 1.51. The first-order valence-electron chi connectivity index (χ1n) is 11.1. The average molecular weight is 435 g/mol. The van der Waals surface area contributed by atoms with E-state index in [1.165, 1.54) is 18.5 Å². The number of rotatable bonds is 4. The van der Waals surface area contributed by atoms with Crippen molar-refractivity contribution in [2.75, 3.05) is 31.1 Å². The zero-order valence-electron chi connectivity index (χ0n) is 18.1. The van der Waals surface area contributed by atoms with Crippen LogP contribution in [0.5, 0.6) is 5.75 Å². The molecule has 5 heterocycles. The van der Waals surface area contributed by atoms with Crippen molar-refractivity contribution in [3.63, 3.8) is 0 Å². The average Bonchev–Trinajstić information content (AvgIpc) is 3.50. The molecular formula is C23H26N6O3. The second kappa shape index (κ2) is 8.57. The van der Waals surface area contributed by atoms with Crippen LogP contribution < -0.4 is 4.90 Å². The van der Waals surface area contributed by atoms with Gasteiger partial charge in [0.05, 0.1) is 28.7 Å². The van der Waals surface area contributed by atoms with Crippen LogP contribution in [-0.2, 0) is 0 Å². The highest BCUT2D eigenvalue weighted by Gasteiger charge is 2.29. The molecular weight excluding hydrogens is 408 g/mol. The molecule has 3 aromatic rings. The molecule has 5 rings (SSSR count). The predicted molar refractivity (Wildman–Crippen MR) is 117 cm³/mol. The van der Waals surface area contributed by atoms with Crippen LogP contribution in [0.15, 0.2) is 35.2 Å². The molecule has 1 amide bonds. The van der Waals surface area contributed by atoms with Gasteiger partial charge in [0.2, 0.25) is 5.95 Å². The molecule has 0 radical (unpaired) electrons. The van der Waals surface area contributed by atoms with E-state index in [0.29, 0.717) is 24.4 Å². The van der Waals surface area contributed by atoms with E-state index < -0.39 is 0 Å². The van der Waals surface area contributed by atoms with Gasteiger partial charge in [-0.3, -0.25) is 9.78 Å². The second-order valence-corrected chi connectivity index (χ2v) is 8.49. The highest BCUT2D eigenvalue weighted by Crippen LogP contribution is 2.35. The van der Waals surface area contributed by atoms with Gasteiger partial charge in [0.15, 0.2) is 5.76 Å². The van der Waals surface area contributed by atoms with E-state index >= 15 is 0 Å². The number of aromatic hydroxyl groups is 1. The van der Waals surface area contributed by atoms with Gasteiger partial charge < -0.3 is 19.4 Å². The Morgan fingerprint density at radius 1 is 1.09 bits per heavy atom. The molecule has 166 valence electrons. The van der Waals surface area contributed by atoms with E-state index in [-0.39, 0.29) is 17.6 Å². The van der Waals surface area contributed by atoms with Gasteiger partial charge in [0.25, 0.3) is 5.91 Å². The fourth-order valence-corrected chi connectivity index (χ4v) is 4.53. The van der Waals surface area contributed by atoms with Crippen LogP contribution >= 0.6 is 0 Å². The predicted octanol–water partition coefficient (Wildman–Crippen LogP) is 3.16. The maximum Gasteiger partial charge on any atom is 0.255 e. The van der Waals surface area contributed by atoms with Crippen molar-refractivity contribution in [2.45, 2.75) is 38.5 Å². The molecule has 0 bridgehead atoms. The molecule has 0 unspecified atom stereocenters. The molecule has 9 heteroatoms. The molecule has 0 aliphatic carbocycles. The Kier molecular flexibility index (Phi) is 5.46. The number of hydrogen-bond acceptors (Lipinski definition) is 8. The summed E-state index contributed by atoms with van der Waals surface area (Å²) in [5.41, 5.74) is 3.05. The Balaban J connectivity index is 1.39. The maximum atomic E-state index is 12.8. The fraction of sp³-hybridized carbons (Fsp3) is 0.435. The van der Waals surface area contributed by atoms with Crippen LogP contribution in [0.25, 0.3) is 11.3 Å². The summed E-state index contributed by atoms with van der Waals surface area (Å²) in [4.78, 5) is 30.4. The minimum atomic E-state index is -0.113. The SMILES string of the molecule is Cc1cc(-c2cnc(N3CCCC3)nc2C2CCN(C(=O)c3cncc(O)c3)CC2)on1. The highest BCUT2D eigenvalue weighted by atomic mass is 16.5. The van der Waals surface area contributed by atoms with Crippen molar-refractivity contribution in [1.82, 2.24) is 25.0 Å². The topological polar surface area (TPSA) is 108 Å². The largest absolute Gasteiger partial charge is 0.506 e. The molecule has 2 fully saturated rings. The lowest BCUT2D eigenvalue weighted by Crippen LogP contribution is -2.38. The molecule has 2 aliphatic heterocycles. The summed E-state index contributed by atoms with van der Waals surface area (Å²) in [7, 11) is 0. The highest BCUT2D eigenvalue weighted by molar-refractivity contribution is 5.94. The first-order valence-corrected chi connectivity index (χ1v) is 11.1. The summed E-state index contributed by atoms with van der Waals surface area (Å²) < 4.78 is 5.54. The number of hydrogen-bond donors (Lipinski definition) is 1. The first kappa shape index (κ1) is 20.4. The summed E-state index contributed by atoms with van der Waals surface area (Å²) in [6, 6.07) is 3.36. The monoisotopic (exact) mass is 434 g/mol. The van der Waals surface area contributed by atoms with Crippen molar-refractivity contribution in [3.05, 3.63) is 47.7 Å². The van der Waals surface area contributed by atoms with Gasteiger partial charge in [-0.2, -0.15) is 0 Å².